The molecule has 1 heterocycles. The monoisotopic (exact) mass is 202 g/mol. The van der Waals surface area contributed by atoms with Crippen molar-refractivity contribution in [3.63, 3.8) is 0 Å². The highest BCUT2D eigenvalue weighted by atomic mass is 16.5. The van der Waals surface area contributed by atoms with E-state index < -0.39 is 0 Å². The van der Waals surface area contributed by atoms with Gasteiger partial charge in [-0.15, -0.1) is 0 Å². The highest BCUT2D eigenvalue weighted by Crippen LogP contribution is 2.10. The van der Waals surface area contributed by atoms with E-state index in [1.54, 1.807) is 0 Å². The van der Waals surface area contributed by atoms with Crippen LogP contribution in [0.5, 0.6) is 0 Å². The maximum atomic E-state index is 8.80. The van der Waals surface area contributed by atoms with Crippen molar-refractivity contribution in [3.8, 4) is 0 Å². The van der Waals surface area contributed by atoms with Gasteiger partial charge < -0.3 is 15.6 Å². The van der Waals surface area contributed by atoms with Crippen molar-refractivity contribution in [1.82, 2.24) is 4.90 Å². The Labute approximate surface area is 86.0 Å². The summed E-state index contributed by atoms with van der Waals surface area (Å²) >= 11 is 0. The maximum absolute atomic E-state index is 8.80. The molecule has 3 N–H and O–H groups in total. The van der Waals surface area contributed by atoms with E-state index >= 15 is 0 Å². The minimum Gasteiger partial charge on any atom is -0.395 e. The van der Waals surface area contributed by atoms with Crippen LogP contribution in [-0.4, -0.2) is 54.5 Å². The average molecular weight is 202 g/mol. The molecule has 0 aliphatic carbocycles. The summed E-state index contributed by atoms with van der Waals surface area (Å²) in [6, 6.07) is -0.0801. The molecule has 0 bridgehead atoms. The van der Waals surface area contributed by atoms with Crippen LogP contribution < -0.4 is 5.73 Å². The van der Waals surface area contributed by atoms with Crippen LogP contribution in [0.3, 0.4) is 0 Å². The third kappa shape index (κ3) is 3.92. The maximum Gasteiger partial charge on any atom is 0.0678 e. The van der Waals surface area contributed by atoms with Crippen LogP contribution in [0.4, 0.5) is 0 Å². The molecule has 1 aliphatic rings. The van der Waals surface area contributed by atoms with E-state index in [1.807, 2.05) is 0 Å². The molecule has 84 valence electrons. The van der Waals surface area contributed by atoms with E-state index in [4.69, 9.17) is 15.6 Å². The van der Waals surface area contributed by atoms with Crippen molar-refractivity contribution in [1.29, 1.82) is 0 Å². The van der Waals surface area contributed by atoms with Gasteiger partial charge in [-0.2, -0.15) is 0 Å². The normalized spacial score (nSPS) is 31.7. The van der Waals surface area contributed by atoms with E-state index in [0.29, 0.717) is 12.2 Å². The van der Waals surface area contributed by atoms with E-state index in [0.717, 1.165) is 26.1 Å². The fourth-order valence-corrected chi connectivity index (χ4v) is 1.91. The number of nitrogens with two attached hydrogens (primary N) is 1. The van der Waals surface area contributed by atoms with Gasteiger partial charge in [-0.1, -0.05) is 0 Å². The van der Waals surface area contributed by atoms with Crippen molar-refractivity contribution >= 4 is 0 Å². The molecule has 0 aromatic carbocycles. The van der Waals surface area contributed by atoms with Gasteiger partial charge in [0.05, 0.1) is 18.8 Å². The quantitative estimate of drug-likeness (QED) is 0.663. The fourth-order valence-electron chi connectivity index (χ4n) is 1.91. The van der Waals surface area contributed by atoms with Crippen molar-refractivity contribution < 1.29 is 9.84 Å². The molecule has 1 rings (SSSR count). The zero-order valence-corrected chi connectivity index (χ0v) is 9.15. The summed E-state index contributed by atoms with van der Waals surface area (Å²) in [5.41, 5.74) is 5.65. The van der Waals surface area contributed by atoms with Crippen LogP contribution in [0.25, 0.3) is 0 Å². The third-order valence-corrected chi connectivity index (χ3v) is 2.55. The van der Waals surface area contributed by atoms with Crippen molar-refractivity contribution in [3.05, 3.63) is 0 Å². The molecule has 3 atom stereocenters. The summed E-state index contributed by atoms with van der Waals surface area (Å²) in [6.07, 6.45) is 1.48. The molecule has 0 amide bonds. The Balaban J connectivity index is 2.23. The lowest BCUT2D eigenvalue weighted by atomic mass is 10.2. The number of nitrogens with zero attached hydrogens (tertiary/aromatic N) is 1. The second-order valence-electron chi connectivity index (χ2n) is 4.25. The number of hydrogen-bond donors (Lipinski definition) is 2. The van der Waals surface area contributed by atoms with Crippen molar-refractivity contribution in [2.45, 2.75) is 38.5 Å². The Morgan fingerprint density at radius 1 is 1.43 bits per heavy atom. The van der Waals surface area contributed by atoms with Gasteiger partial charge in [-0.25, -0.2) is 0 Å². The Bertz CT molecular complexity index is 156. The summed E-state index contributed by atoms with van der Waals surface area (Å²) in [5, 5.41) is 8.80. The van der Waals surface area contributed by atoms with Crippen molar-refractivity contribution in [2.24, 2.45) is 5.73 Å². The SMILES string of the molecule is CC1CN(CCC(N)CO)CC(C)O1. The molecular weight excluding hydrogens is 180 g/mol. The summed E-state index contributed by atoms with van der Waals surface area (Å²) < 4.78 is 5.63. The molecule has 4 heteroatoms. The van der Waals surface area contributed by atoms with Gasteiger partial charge in [-0.3, -0.25) is 4.90 Å². The highest BCUT2D eigenvalue weighted by Gasteiger charge is 2.21. The van der Waals surface area contributed by atoms with Crippen LogP contribution in [0.2, 0.25) is 0 Å². The predicted octanol–water partition coefficient (Wildman–Crippen LogP) is -0.195. The lowest BCUT2D eigenvalue weighted by Gasteiger charge is -2.35. The molecule has 1 aliphatic heterocycles. The zero-order chi connectivity index (χ0) is 10.6. The Hall–Kier alpha value is -0.160. The summed E-state index contributed by atoms with van der Waals surface area (Å²) in [5.74, 6) is 0. The second-order valence-corrected chi connectivity index (χ2v) is 4.25. The lowest BCUT2D eigenvalue weighted by molar-refractivity contribution is -0.0685. The van der Waals surface area contributed by atoms with Crippen LogP contribution >= 0.6 is 0 Å². The molecule has 3 unspecified atom stereocenters. The first-order chi connectivity index (χ1) is 6.61. The summed E-state index contributed by atoms with van der Waals surface area (Å²) in [6.45, 7) is 7.17. The van der Waals surface area contributed by atoms with Gasteiger partial charge in [0.1, 0.15) is 0 Å². The van der Waals surface area contributed by atoms with Gasteiger partial charge in [0.15, 0.2) is 0 Å². The predicted molar refractivity (Wildman–Crippen MR) is 56.1 cm³/mol. The van der Waals surface area contributed by atoms with Gasteiger partial charge in [0.25, 0.3) is 0 Å². The molecule has 1 fully saturated rings. The van der Waals surface area contributed by atoms with Gasteiger partial charge in [0.2, 0.25) is 0 Å². The van der Waals surface area contributed by atoms with E-state index in [2.05, 4.69) is 18.7 Å². The molecule has 0 aromatic heterocycles. The summed E-state index contributed by atoms with van der Waals surface area (Å²) in [7, 11) is 0. The standard InChI is InChI=1S/C10H22N2O2/c1-8-5-12(6-9(2)14-8)4-3-10(11)7-13/h8-10,13H,3-7,11H2,1-2H3. The van der Waals surface area contributed by atoms with Crippen molar-refractivity contribution in [2.75, 3.05) is 26.2 Å². The second kappa shape index (κ2) is 5.66. The summed E-state index contributed by atoms with van der Waals surface area (Å²) in [4.78, 5) is 2.36. The van der Waals surface area contributed by atoms with Crippen LogP contribution in [-0.2, 0) is 4.74 Å². The van der Waals surface area contributed by atoms with E-state index in [-0.39, 0.29) is 12.6 Å². The van der Waals surface area contributed by atoms with E-state index in [9.17, 15) is 0 Å². The Morgan fingerprint density at radius 3 is 2.50 bits per heavy atom. The first-order valence-corrected chi connectivity index (χ1v) is 5.36. The molecule has 0 aromatic rings. The van der Waals surface area contributed by atoms with Gasteiger partial charge >= 0.3 is 0 Å². The zero-order valence-electron chi connectivity index (χ0n) is 9.15. The van der Waals surface area contributed by atoms with E-state index in [1.165, 1.54) is 0 Å². The first kappa shape index (κ1) is 11.9. The molecular formula is C10H22N2O2. The fraction of sp³-hybridized carbons (Fsp3) is 1.00. The average Bonchev–Trinajstić information content (AvgIpc) is 2.12. The Morgan fingerprint density at radius 2 is 2.00 bits per heavy atom. The van der Waals surface area contributed by atoms with Crippen LogP contribution in [0, 0.1) is 0 Å². The minimum atomic E-state index is -0.0801. The van der Waals surface area contributed by atoms with Gasteiger partial charge in [-0.05, 0) is 26.8 Å². The molecule has 1 saturated heterocycles. The lowest BCUT2D eigenvalue weighted by Crippen LogP contribution is -2.46. The number of aliphatic hydroxyl groups is 1. The minimum absolute atomic E-state index is 0.0788. The molecule has 0 spiro atoms. The smallest absolute Gasteiger partial charge is 0.0678 e. The highest BCUT2D eigenvalue weighted by molar-refractivity contribution is 4.74. The number of ether oxygens (including phenoxy) is 1. The van der Waals surface area contributed by atoms with Crippen LogP contribution in [0.1, 0.15) is 20.3 Å². The topological polar surface area (TPSA) is 58.7 Å². The number of rotatable bonds is 4. The number of hydrogen-bond acceptors (Lipinski definition) is 4. The molecule has 0 saturated carbocycles. The van der Waals surface area contributed by atoms with Gasteiger partial charge in [0, 0.05) is 19.1 Å². The molecule has 14 heavy (non-hydrogen) atoms. The number of aliphatic hydroxyl groups excluding tert-OH is 1. The third-order valence-electron chi connectivity index (χ3n) is 2.55. The molecule has 4 nitrogen and oxygen atoms in total. The number of morpholine rings is 1. The first-order valence-electron chi connectivity index (χ1n) is 5.36. The van der Waals surface area contributed by atoms with Crippen LogP contribution in [0.15, 0.2) is 0 Å². The largest absolute Gasteiger partial charge is 0.395 e. The molecule has 0 radical (unpaired) electrons. The Kier molecular flexibility index (Phi) is 4.81.